The van der Waals surface area contributed by atoms with Crippen molar-refractivity contribution in [2.45, 2.75) is 158 Å². The quantitative estimate of drug-likeness (QED) is 0.0945. The van der Waals surface area contributed by atoms with Crippen LogP contribution in [0.2, 0.25) is 0 Å². The highest BCUT2D eigenvalue weighted by atomic mass is 16.5. The Hall–Kier alpha value is -3.00. The fourth-order valence-electron chi connectivity index (χ4n) is 5.42. The minimum Gasteiger partial charge on any atom is -0.495 e. The molecule has 270 valence electrons. The minimum atomic E-state index is -0.600. The van der Waals surface area contributed by atoms with E-state index in [2.05, 4.69) is 50.2 Å². The average Bonchev–Trinajstić information content (AvgIpc) is 3.92. The molecule has 0 aromatic heterocycles. The van der Waals surface area contributed by atoms with Gasteiger partial charge in [-0.15, -0.1) is 0 Å². The largest absolute Gasteiger partial charge is 0.495 e. The number of amides is 2. The summed E-state index contributed by atoms with van der Waals surface area (Å²) in [6.07, 6.45) is 15.5. The first-order chi connectivity index (χ1) is 22.7. The number of carbonyl (C=O) groups is 3. The molecule has 1 aliphatic heterocycles. The number of ether oxygens (including phenoxy) is 2. The van der Waals surface area contributed by atoms with Gasteiger partial charge in [0.05, 0.1) is 30.6 Å². The lowest BCUT2D eigenvalue weighted by Gasteiger charge is -2.19. The number of anilines is 2. The highest BCUT2D eigenvalue weighted by Gasteiger charge is 2.49. The molecule has 48 heavy (non-hydrogen) atoms. The van der Waals surface area contributed by atoms with Crippen LogP contribution in [-0.2, 0) is 19.1 Å². The topological polar surface area (TPSA) is 106 Å². The summed E-state index contributed by atoms with van der Waals surface area (Å²) in [5.74, 6) is -0.298. The Morgan fingerprint density at radius 2 is 1.35 bits per heavy atom. The fourth-order valence-corrected chi connectivity index (χ4v) is 5.42. The number of rotatable bonds is 22. The van der Waals surface area contributed by atoms with Crippen LogP contribution in [-0.4, -0.2) is 43.1 Å². The Balaban J connectivity index is 0.000000853. The average molecular weight is 668 g/mol. The molecule has 1 aromatic carbocycles. The van der Waals surface area contributed by atoms with E-state index in [1.807, 2.05) is 0 Å². The van der Waals surface area contributed by atoms with Crippen molar-refractivity contribution in [1.29, 1.82) is 0 Å². The number of methoxy groups -OCH3 is 1. The van der Waals surface area contributed by atoms with Gasteiger partial charge in [-0.05, 0) is 36.5 Å². The van der Waals surface area contributed by atoms with Gasteiger partial charge >= 0.3 is 0 Å². The Morgan fingerprint density at radius 1 is 0.792 bits per heavy atom. The smallest absolute Gasteiger partial charge is 0.253 e. The van der Waals surface area contributed by atoms with Crippen LogP contribution in [0.5, 0.6) is 5.75 Å². The molecule has 1 unspecified atom stereocenters. The van der Waals surface area contributed by atoms with Crippen molar-refractivity contribution < 1.29 is 23.9 Å². The van der Waals surface area contributed by atoms with Gasteiger partial charge in [-0.3, -0.25) is 14.4 Å². The summed E-state index contributed by atoms with van der Waals surface area (Å²) < 4.78 is 11.4. The molecule has 2 N–H and O–H groups in total. The number of Topliss-reactive ketones (excluding diaryl/α,β-unsaturated/α-hetero) is 1. The monoisotopic (exact) mass is 667 g/mol. The van der Waals surface area contributed by atoms with E-state index in [1.165, 1.54) is 75.5 Å². The number of allylic oxidation sites excluding steroid dienone is 2. The number of nitrogens with one attached hydrogen (secondary N) is 2. The van der Waals surface area contributed by atoms with Crippen molar-refractivity contribution in [3.05, 3.63) is 29.5 Å². The van der Waals surface area contributed by atoms with Crippen LogP contribution in [0.25, 0.3) is 0 Å². The summed E-state index contributed by atoms with van der Waals surface area (Å²) in [7, 11) is 1.51. The molecule has 0 radical (unpaired) electrons. The van der Waals surface area contributed by atoms with Gasteiger partial charge in [-0.25, -0.2) is 4.99 Å². The van der Waals surface area contributed by atoms with E-state index in [-0.39, 0.29) is 18.1 Å². The van der Waals surface area contributed by atoms with Crippen molar-refractivity contribution in [3.8, 4) is 5.75 Å². The summed E-state index contributed by atoms with van der Waals surface area (Å²) in [6.45, 7) is 17.0. The van der Waals surface area contributed by atoms with E-state index in [4.69, 9.17) is 9.47 Å². The standard InChI is InChI=1S/C33H56N2O5.C7H9N/c1-7-9-11-12-13-14-15-16-17-18-20-29(40-23-19-10-8-2)32(38)34-26-21-22-28(39-6)27(24-26)35-31(37)25-30(36)33(3,4)5;1-7(2,3)4-5-6(4)8-5/h21-22,24,29H,7-20,23,25H2,1-6H3,(H,34,38)(H,35,37);1-3H3. The lowest BCUT2D eigenvalue weighted by Crippen LogP contribution is -2.31. The highest BCUT2D eigenvalue weighted by Crippen LogP contribution is 2.52. The first kappa shape index (κ1) is 41.2. The molecular weight excluding hydrogens is 602 g/mol. The third kappa shape index (κ3) is 15.5. The van der Waals surface area contributed by atoms with Gasteiger partial charge in [0.2, 0.25) is 5.91 Å². The van der Waals surface area contributed by atoms with E-state index < -0.39 is 17.4 Å². The summed E-state index contributed by atoms with van der Waals surface area (Å²) in [6, 6.07) is 5.09. The molecule has 3 rings (SSSR count). The normalized spacial score (nSPS) is 13.9. The zero-order chi connectivity index (χ0) is 35.7. The van der Waals surface area contributed by atoms with Crippen LogP contribution in [0.3, 0.4) is 0 Å². The third-order valence-electron chi connectivity index (χ3n) is 8.64. The molecule has 1 aliphatic carbocycles. The van der Waals surface area contributed by atoms with Crippen molar-refractivity contribution in [1.82, 2.24) is 0 Å². The molecule has 1 atom stereocenters. The summed E-state index contributed by atoms with van der Waals surface area (Å²) in [4.78, 5) is 42.1. The summed E-state index contributed by atoms with van der Waals surface area (Å²) in [5.41, 5.74) is 4.87. The molecule has 0 bridgehead atoms. The maximum atomic E-state index is 13.2. The second kappa shape index (κ2) is 20.5. The van der Waals surface area contributed by atoms with Gasteiger partial charge in [0.15, 0.2) is 0 Å². The van der Waals surface area contributed by atoms with Crippen LogP contribution < -0.4 is 15.4 Å². The van der Waals surface area contributed by atoms with Crippen LogP contribution in [0, 0.1) is 10.8 Å². The maximum Gasteiger partial charge on any atom is 0.253 e. The molecular formula is C40H65N3O5. The highest BCUT2D eigenvalue weighted by molar-refractivity contribution is 6.39. The van der Waals surface area contributed by atoms with Gasteiger partial charge in [0.25, 0.3) is 5.91 Å². The number of nitrogens with zero attached hydrogens (tertiary/aromatic N) is 1. The Kier molecular flexibility index (Phi) is 17.6. The molecule has 0 fully saturated rings. The number of aliphatic imine (C=N–C) groups is 1. The second-order valence-corrected chi connectivity index (χ2v) is 15.3. The van der Waals surface area contributed by atoms with E-state index in [1.54, 1.807) is 39.0 Å². The predicted molar refractivity (Wildman–Crippen MR) is 199 cm³/mol. The van der Waals surface area contributed by atoms with Gasteiger partial charge in [0, 0.05) is 23.3 Å². The van der Waals surface area contributed by atoms with E-state index in [0.29, 0.717) is 35.6 Å². The van der Waals surface area contributed by atoms with Crippen molar-refractivity contribution >= 4 is 34.7 Å². The summed E-state index contributed by atoms with van der Waals surface area (Å²) >= 11 is 0. The molecule has 8 heteroatoms. The number of ketones is 1. The predicted octanol–water partition coefficient (Wildman–Crippen LogP) is 10.2. The number of unbranched alkanes of at least 4 members (excludes halogenated alkanes) is 11. The third-order valence-corrected chi connectivity index (χ3v) is 8.64. The van der Waals surface area contributed by atoms with Crippen LogP contribution in [0.15, 0.2) is 34.5 Å². The lowest BCUT2D eigenvalue weighted by molar-refractivity contribution is -0.130. The molecule has 0 saturated carbocycles. The number of fused-ring (bicyclic) bond motifs is 1. The van der Waals surface area contributed by atoms with Crippen molar-refractivity contribution in [2.75, 3.05) is 24.4 Å². The van der Waals surface area contributed by atoms with Crippen LogP contribution in [0.1, 0.15) is 152 Å². The lowest BCUT2D eigenvalue weighted by atomic mass is 9.89. The van der Waals surface area contributed by atoms with Crippen LogP contribution >= 0.6 is 0 Å². The second-order valence-electron chi connectivity index (χ2n) is 15.3. The van der Waals surface area contributed by atoms with Crippen molar-refractivity contribution in [2.24, 2.45) is 15.8 Å². The molecule has 2 amide bonds. The molecule has 0 saturated heterocycles. The van der Waals surface area contributed by atoms with Gasteiger partial charge < -0.3 is 20.1 Å². The Labute approximate surface area is 291 Å². The molecule has 1 heterocycles. The summed E-state index contributed by atoms with van der Waals surface area (Å²) in [5, 5.41) is 5.72. The maximum absolute atomic E-state index is 13.2. The first-order valence-electron chi connectivity index (χ1n) is 18.5. The fraction of sp³-hybridized carbons (Fsp3) is 0.700. The zero-order valence-electron chi connectivity index (χ0n) is 31.6. The van der Waals surface area contributed by atoms with Gasteiger partial charge in [-0.1, -0.05) is 132 Å². The van der Waals surface area contributed by atoms with Crippen LogP contribution in [0.4, 0.5) is 11.4 Å². The minimum absolute atomic E-state index is 0.150. The van der Waals surface area contributed by atoms with Gasteiger partial charge in [-0.2, -0.15) is 0 Å². The zero-order valence-corrected chi connectivity index (χ0v) is 31.6. The van der Waals surface area contributed by atoms with E-state index >= 15 is 0 Å². The Morgan fingerprint density at radius 3 is 1.83 bits per heavy atom. The number of benzene rings is 1. The molecule has 0 spiro atoms. The molecule has 8 nitrogen and oxygen atoms in total. The number of hydrogen-bond donors (Lipinski definition) is 2. The van der Waals surface area contributed by atoms with E-state index in [0.717, 1.165) is 32.1 Å². The van der Waals surface area contributed by atoms with Gasteiger partial charge in [0.1, 0.15) is 17.6 Å². The van der Waals surface area contributed by atoms with E-state index in [9.17, 15) is 14.4 Å². The Bertz CT molecular complexity index is 1250. The molecule has 2 aliphatic rings. The van der Waals surface area contributed by atoms with Crippen molar-refractivity contribution in [3.63, 3.8) is 0 Å². The number of hydrogen-bond acceptors (Lipinski definition) is 6. The SMILES string of the molecule is CC(C)(C)C1=C2N=C21.CCCCCCCCCCCCC(OCCCCC)C(=O)Nc1ccc(OC)c(NC(=O)CC(=O)C(C)(C)C)c1. The molecule has 1 aromatic rings. The number of carbonyl (C=O) groups excluding carboxylic acids is 3. The first-order valence-corrected chi connectivity index (χ1v) is 18.5.